The fraction of sp³-hybridized carbons (Fsp3) is 0.375. The van der Waals surface area contributed by atoms with E-state index in [-0.39, 0.29) is 11.9 Å². The molecule has 0 fully saturated rings. The lowest BCUT2D eigenvalue weighted by Gasteiger charge is -2.22. The van der Waals surface area contributed by atoms with Crippen molar-refractivity contribution in [3.63, 3.8) is 0 Å². The van der Waals surface area contributed by atoms with Gasteiger partial charge in [-0.25, -0.2) is 9.97 Å². The Morgan fingerprint density at radius 1 is 1.00 bits per heavy atom. The predicted octanol–water partition coefficient (Wildman–Crippen LogP) is 3.69. The summed E-state index contributed by atoms with van der Waals surface area (Å²) in [5.41, 5.74) is 3.55. The monoisotopic (exact) mass is 435 g/mol. The van der Waals surface area contributed by atoms with Crippen LogP contribution in [0, 0.1) is 0 Å². The lowest BCUT2D eigenvalue weighted by atomic mass is 10.2. The first-order valence-electron chi connectivity index (χ1n) is 10.8. The molecular formula is C24H29N5O3. The molecule has 32 heavy (non-hydrogen) atoms. The number of rotatable bonds is 9. The van der Waals surface area contributed by atoms with Crippen molar-refractivity contribution in [3.8, 4) is 5.95 Å². The molecule has 168 valence electrons. The summed E-state index contributed by atoms with van der Waals surface area (Å²) in [4.78, 5) is 24.5. The highest BCUT2D eigenvalue weighted by atomic mass is 16.5. The van der Waals surface area contributed by atoms with Crippen molar-refractivity contribution < 1.29 is 14.3 Å². The van der Waals surface area contributed by atoms with Crippen molar-refractivity contribution in [2.45, 2.75) is 19.9 Å². The van der Waals surface area contributed by atoms with Crippen LogP contribution in [0.4, 0.5) is 0 Å². The second-order valence-corrected chi connectivity index (χ2v) is 7.91. The summed E-state index contributed by atoms with van der Waals surface area (Å²) in [6.07, 6.45) is 3.38. The van der Waals surface area contributed by atoms with E-state index in [0.717, 1.165) is 21.9 Å². The van der Waals surface area contributed by atoms with Crippen molar-refractivity contribution in [3.05, 3.63) is 54.5 Å². The van der Waals surface area contributed by atoms with Gasteiger partial charge in [-0.15, -0.1) is 0 Å². The minimum absolute atomic E-state index is 0.109. The molecule has 0 radical (unpaired) electrons. The molecule has 1 amide bonds. The molecule has 0 saturated carbocycles. The van der Waals surface area contributed by atoms with E-state index in [1.807, 2.05) is 22.8 Å². The Bertz CT molecular complexity index is 1200. The Kier molecular flexibility index (Phi) is 6.53. The van der Waals surface area contributed by atoms with E-state index in [4.69, 9.17) is 9.47 Å². The molecule has 1 aromatic carbocycles. The Morgan fingerprint density at radius 2 is 1.66 bits per heavy atom. The lowest BCUT2D eigenvalue weighted by Crippen LogP contribution is -2.37. The molecule has 8 heteroatoms. The summed E-state index contributed by atoms with van der Waals surface area (Å²) >= 11 is 0. The van der Waals surface area contributed by atoms with Crippen molar-refractivity contribution in [1.82, 2.24) is 24.0 Å². The molecule has 0 unspecified atom stereocenters. The van der Waals surface area contributed by atoms with Gasteiger partial charge in [-0.2, -0.15) is 0 Å². The van der Waals surface area contributed by atoms with E-state index in [1.54, 1.807) is 37.6 Å². The normalized spacial score (nSPS) is 11.7. The number of carbonyl (C=O) groups excluding carboxylic acids is 1. The molecule has 3 heterocycles. The predicted molar refractivity (Wildman–Crippen MR) is 124 cm³/mol. The van der Waals surface area contributed by atoms with E-state index in [1.165, 1.54) is 0 Å². The molecule has 0 saturated heterocycles. The first kappa shape index (κ1) is 22.0. The summed E-state index contributed by atoms with van der Waals surface area (Å²) in [7, 11) is 3.26. The number of para-hydroxylation sites is 1. The number of ether oxygens (including phenoxy) is 2. The second kappa shape index (κ2) is 9.50. The molecule has 0 aliphatic carbocycles. The number of hydrogen-bond donors (Lipinski definition) is 0. The Morgan fingerprint density at radius 3 is 2.28 bits per heavy atom. The molecule has 4 rings (SSSR count). The standard InChI is InChI=1S/C24H29N5O3/c1-17(2)28-19-9-6-5-8-18(19)22-20(28)16-21(29(22)24-25-10-7-11-26-24)23(30)27(12-14-31-3)13-15-32-4/h5-11,16-17H,12-15H2,1-4H3. The largest absolute Gasteiger partial charge is 0.383 e. The van der Waals surface area contributed by atoms with Crippen LogP contribution < -0.4 is 0 Å². The number of nitrogens with zero attached hydrogens (tertiary/aromatic N) is 5. The van der Waals surface area contributed by atoms with Gasteiger partial charge in [0.2, 0.25) is 5.95 Å². The van der Waals surface area contributed by atoms with Crippen molar-refractivity contribution in [1.29, 1.82) is 0 Å². The molecule has 0 aliphatic heterocycles. The Hall–Kier alpha value is -3.23. The van der Waals surface area contributed by atoms with Gasteiger partial charge in [0.15, 0.2) is 0 Å². The number of fused-ring (bicyclic) bond motifs is 3. The van der Waals surface area contributed by atoms with E-state index in [9.17, 15) is 4.79 Å². The number of aromatic nitrogens is 4. The Balaban J connectivity index is 1.98. The molecule has 0 N–H and O–H groups in total. The second-order valence-electron chi connectivity index (χ2n) is 7.91. The van der Waals surface area contributed by atoms with Gasteiger partial charge in [-0.1, -0.05) is 18.2 Å². The van der Waals surface area contributed by atoms with Crippen LogP contribution in [0.15, 0.2) is 48.8 Å². The SMILES string of the molecule is COCCN(CCOC)C(=O)c1cc2c(c3ccccc3n2C(C)C)n1-c1ncccn1. The zero-order valence-electron chi connectivity index (χ0n) is 19.0. The molecule has 0 atom stereocenters. The minimum Gasteiger partial charge on any atom is -0.383 e. The average molecular weight is 436 g/mol. The van der Waals surface area contributed by atoms with Gasteiger partial charge >= 0.3 is 0 Å². The van der Waals surface area contributed by atoms with Crippen LogP contribution in [0.3, 0.4) is 0 Å². The van der Waals surface area contributed by atoms with Crippen LogP contribution >= 0.6 is 0 Å². The molecule has 0 aliphatic rings. The summed E-state index contributed by atoms with van der Waals surface area (Å²) < 4.78 is 14.6. The third-order valence-electron chi connectivity index (χ3n) is 5.56. The van der Waals surface area contributed by atoms with Gasteiger partial charge in [0.05, 0.1) is 29.8 Å². The summed E-state index contributed by atoms with van der Waals surface area (Å²) in [6, 6.07) is 12.2. The number of amides is 1. The van der Waals surface area contributed by atoms with Gasteiger partial charge in [0, 0.05) is 51.1 Å². The van der Waals surface area contributed by atoms with Gasteiger partial charge in [-0.05, 0) is 32.0 Å². The summed E-state index contributed by atoms with van der Waals surface area (Å²) in [6.45, 7) is 6.11. The smallest absolute Gasteiger partial charge is 0.271 e. The Labute approximate surface area is 187 Å². The van der Waals surface area contributed by atoms with E-state index in [2.05, 4.69) is 40.5 Å². The average Bonchev–Trinajstić information content (AvgIpc) is 3.34. The van der Waals surface area contributed by atoms with Gasteiger partial charge in [0.1, 0.15) is 5.69 Å². The zero-order valence-corrected chi connectivity index (χ0v) is 19.0. The van der Waals surface area contributed by atoms with Crippen LogP contribution in [0.2, 0.25) is 0 Å². The van der Waals surface area contributed by atoms with E-state index in [0.29, 0.717) is 37.9 Å². The van der Waals surface area contributed by atoms with Crippen LogP contribution in [0.1, 0.15) is 30.4 Å². The first-order valence-corrected chi connectivity index (χ1v) is 10.8. The highest BCUT2D eigenvalue weighted by molar-refractivity contribution is 6.11. The third kappa shape index (κ3) is 3.87. The molecule has 4 aromatic rings. The van der Waals surface area contributed by atoms with Crippen LogP contribution in [0.5, 0.6) is 0 Å². The maximum absolute atomic E-state index is 13.8. The fourth-order valence-corrected chi connectivity index (χ4v) is 4.16. The summed E-state index contributed by atoms with van der Waals surface area (Å²) in [5.74, 6) is 0.359. The minimum atomic E-state index is -0.109. The molecule has 0 bridgehead atoms. The van der Waals surface area contributed by atoms with Crippen molar-refractivity contribution in [2.75, 3.05) is 40.5 Å². The molecular weight excluding hydrogens is 406 g/mol. The molecule has 0 spiro atoms. The highest BCUT2D eigenvalue weighted by Crippen LogP contribution is 2.35. The van der Waals surface area contributed by atoms with Gasteiger partial charge in [0.25, 0.3) is 5.91 Å². The third-order valence-corrected chi connectivity index (χ3v) is 5.56. The van der Waals surface area contributed by atoms with Gasteiger partial charge in [-0.3, -0.25) is 9.36 Å². The van der Waals surface area contributed by atoms with Crippen molar-refractivity contribution in [2.24, 2.45) is 0 Å². The van der Waals surface area contributed by atoms with Crippen LogP contribution in [-0.4, -0.2) is 70.4 Å². The van der Waals surface area contributed by atoms with Crippen LogP contribution in [-0.2, 0) is 9.47 Å². The number of methoxy groups -OCH3 is 2. The topological polar surface area (TPSA) is 74.4 Å². The number of carbonyl (C=O) groups is 1. The summed E-state index contributed by atoms with van der Waals surface area (Å²) in [5, 5.41) is 1.06. The van der Waals surface area contributed by atoms with E-state index >= 15 is 0 Å². The molecule has 8 nitrogen and oxygen atoms in total. The van der Waals surface area contributed by atoms with E-state index < -0.39 is 0 Å². The maximum atomic E-state index is 13.8. The highest BCUT2D eigenvalue weighted by Gasteiger charge is 2.27. The van der Waals surface area contributed by atoms with Crippen LogP contribution in [0.25, 0.3) is 27.9 Å². The maximum Gasteiger partial charge on any atom is 0.271 e. The fourth-order valence-electron chi connectivity index (χ4n) is 4.16. The zero-order chi connectivity index (χ0) is 22.7. The number of hydrogen-bond acceptors (Lipinski definition) is 5. The lowest BCUT2D eigenvalue weighted by molar-refractivity contribution is 0.0620. The quantitative estimate of drug-likeness (QED) is 0.401. The van der Waals surface area contributed by atoms with Gasteiger partial charge < -0.3 is 18.9 Å². The van der Waals surface area contributed by atoms with Crippen molar-refractivity contribution >= 4 is 27.8 Å². The first-order chi connectivity index (χ1) is 15.6. The number of benzene rings is 1. The molecule has 3 aromatic heterocycles.